The lowest BCUT2D eigenvalue weighted by molar-refractivity contribution is -0.118. The van der Waals surface area contributed by atoms with E-state index in [0.717, 1.165) is 0 Å². The van der Waals surface area contributed by atoms with Crippen LogP contribution in [0.15, 0.2) is 115 Å². The van der Waals surface area contributed by atoms with Crippen LogP contribution in [0.5, 0.6) is 0 Å². The molecular weight excluding hydrogens is 589 g/mol. The number of hydrogen-bond donors (Lipinski definition) is 1. The number of hydroxylamine groups is 2. The van der Waals surface area contributed by atoms with E-state index in [2.05, 4.69) is 119 Å². The average Bonchev–Trinajstić information content (AvgIpc) is 3.28. The standard InChI is InChI=1S/C21H20P.C10H15N3O7S/c1-2-18-22(19-12-6-3-7-13-19,20-14-8-4-9-15-20)21-16-10-5-11-17-21;1-11-9(14)7-3-6(5-19-2)12-4-8(7)13(10(12)15)20-21(16,17)18/h2-18H,1H3;3,6,8H,4-5H2,1-2H3,(H,11,14)(H,16,17,18)/q+1;/p-1/b18-2+;/t;6-,8-/m.0/s1. The van der Waals surface area contributed by atoms with E-state index < -0.39 is 41.7 Å². The maximum Gasteiger partial charge on any atom is 0.346 e. The van der Waals surface area contributed by atoms with Gasteiger partial charge in [0.25, 0.3) is 0 Å². The SMILES string of the molecule is C/C=C/[P+](c1ccccc1)(c1ccccc1)c1ccccc1.CNC(=O)C1=C[C@@H](COC)N2C[C@@H]1N(OS(=O)(=O)[O-])C2=O. The Morgan fingerprint density at radius 1 is 0.977 bits per heavy atom. The van der Waals surface area contributed by atoms with Crippen molar-refractivity contribution in [1.29, 1.82) is 0 Å². The van der Waals surface area contributed by atoms with Crippen LogP contribution in [0.4, 0.5) is 4.79 Å². The summed E-state index contributed by atoms with van der Waals surface area (Å²) in [5.74, 6) is 1.92. The highest BCUT2D eigenvalue weighted by molar-refractivity contribution is 7.98. The van der Waals surface area contributed by atoms with Crippen molar-refractivity contribution < 1.29 is 31.6 Å². The second-order valence-corrected chi connectivity index (χ2v) is 14.0. The largest absolute Gasteiger partial charge is 0.724 e. The zero-order valence-corrected chi connectivity index (χ0v) is 25.8. The fourth-order valence-electron chi connectivity index (χ4n) is 5.29. The number of nitrogens with zero attached hydrogens (tertiary/aromatic N) is 2. The summed E-state index contributed by atoms with van der Waals surface area (Å²) in [4.78, 5) is 25.2. The van der Waals surface area contributed by atoms with E-state index in [0.29, 0.717) is 5.06 Å². The summed E-state index contributed by atoms with van der Waals surface area (Å²) in [5.41, 5.74) is 0.144. The van der Waals surface area contributed by atoms with Crippen LogP contribution in [0.2, 0.25) is 0 Å². The Hall–Kier alpha value is -3.86. The van der Waals surface area contributed by atoms with Gasteiger partial charge >= 0.3 is 6.03 Å². The second kappa shape index (κ2) is 14.1. The van der Waals surface area contributed by atoms with Gasteiger partial charge in [0.1, 0.15) is 29.2 Å². The lowest BCUT2D eigenvalue weighted by Gasteiger charge is -2.28. The van der Waals surface area contributed by atoms with Crippen molar-refractivity contribution in [2.45, 2.75) is 19.0 Å². The van der Waals surface area contributed by atoms with Gasteiger partial charge in [-0.2, -0.15) is 9.35 Å². The molecule has 2 bridgehead atoms. The van der Waals surface area contributed by atoms with Crippen molar-refractivity contribution in [3.8, 4) is 0 Å². The summed E-state index contributed by atoms with van der Waals surface area (Å²) in [5, 5.41) is 6.99. The van der Waals surface area contributed by atoms with Crippen LogP contribution in [0.1, 0.15) is 6.92 Å². The first-order valence-electron chi connectivity index (χ1n) is 13.5. The van der Waals surface area contributed by atoms with Crippen molar-refractivity contribution >= 4 is 45.5 Å². The minimum atomic E-state index is -5.13. The van der Waals surface area contributed by atoms with E-state index in [1.807, 2.05) is 0 Å². The number of methoxy groups -OCH3 is 1. The zero-order valence-electron chi connectivity index (χ0n) is 24.1. The van der Waals surface area contributed by atoms with Gasteiger partial charge in [0.05, 0.1) is 25.0 Å². The van der Waals surface area contributed by atoms with Gasteiger partial charge in [-0.3, -0.25) is 4.79 Å². The lowest BCUT2D eigenvalue weighted by Crippen LogP contribution is -2.43. The number of fused-ring (bicyclic) bond motifs is 2. The summed E-state index contributed by atoms with van der Waals surface area (Å²) in [6.07, 6.45) is 3.69. The molecule has 2 aliphatic heterocycles. The molecule has 10 nitrogen and oxygen atoms in total. The minimum absolute atomic E-state index is 0.0294. The molecule has 0 aromatic heterocycles. The van der Waals surface area contributed by atoms with E-state index in [-0.39, 0.29) is 18.7 Å². The number of rotatable bonds is 9. The number of allylic oxidation sites excluding steroid dienone is 1. The maximum absolute atomic E-state index is 12.1. The van der Waals surface area contributed by atoms with Gasteiger partial charge in [0.15, 0.2) is 0 Å². The third-order valence-corrected chi connectivity index (χ3v) is 11.5. The summed E-state index contributed by atoms with van der Waals surface area (Å²) in [7, 11) is -4.04. The molecule has 1 fully saturated rings. The molecule has 43 heavy (non-hydrogen) atoms. The highest BCUT2D eigenvalue weighted by Gasteiger charge is 2.49. The third-order valence-electron chi connectivity index (χ3n) is 7.08. The number of benzene rings is 3. The minimum Gasteiger partial charge on any atom is -0.724 e. The summed E-state index contributed by atoms with van der Waals surface area (Å²) in [6.45, 7) is 2.27. The van der Waals surface area contributed by atoms with Crippen LogP contribution in [-0.2, 0) is 24.2 Å². The molecule has 1 N–H and O–H groups in total. The molecule has 5 rings (SSSR count). The summed E-state index contributed by atoms with van der Waals surface area (Å²) >= 11 is 0. The molecular formula is C31H34N3O7PS. The van der Waals surface area contributed by atoms with Crippen molar-refractivity contribution in [2.24, 2.45) is 0 Å². The first-order valence-corrected chi connectivity index (χ1v) is 16.7. The maximum atomic E-state index is 12.1. The van der Waals surface area contributed by atoms with E-state index in [9.17, 15) is 22.6 Å². The van der Waals surface area contributed by atoms with Gasteiger partial charge in [0.2, 0.25) is 16.3 Å². The quantitative estimate of drug-likeness (QED) is 0.221. The number of carbonyl (C=O) groups excluding carboxylic acids is 2. The summed E-state index contributed by atoms with van der Waals surface area (Å²) in [6, 6.07) is 30.3. The lowest BCUT2D eigenvalue weighted by atomic mass is 9.99. The van der Waals surface area contributed by atoms with Crippen LogP contribution >= 0.6 is 7.26 Å². The highest BCUT2D eigenvalue weighted by Crippen LogP contribution is 2.56. The number of likely N-dealkylation sites (N-methyl/N-ethyl adjacent to an activating group) is 1. The Bertz CT molecular complexity index is 1470. The Kier molecular flexibility index (Phi) is 10.5. The van der Waals surface area contributed by atoms with Gasteiger partial charge in [-0.05, 0) is 49.4 Å². The number of amides is 3. The predicted octanol–water partition coefficient (Wildman–Crippen LogP) is 2.70. The van der Waals surface area contributed by atoms with E-state index in [4.69, 9.17) is 4.74 Å². The second-order valence-electron chi connectivity index (χ2n) is 9.69. The fourth-order valence-corrected chi connectivity index (χ4v) is 9.44. The Labute approximate surface area is 252 Å². The molecule has 2 aliphatic rings. The molecule has 3 aromatic rings. The monoisotopic (exact) mass is 623 g/mol. The molecule has 2 atom stereocenters. The van der Waals surface area contributed by atoms with Crippen molar-refractivity contribution in [3.05, 3.63) is 115 Å². The number of hydrogen-bond acceptors (Lipinski definition) is 7. The molecule has 2 heterocycles. The predicted molar refractivity (Wildman–Crippen MR) is 166 cm³/mol. The number of nitrogens with one attached hydrogen (secondary N) is 1. The molecule has 0 unspecified atom stereocenters. The molecule has 1 saturated heterocycles. The van der Waals surface area contributed by atoms with Gasteiger partial charge in [-0.15, -0.1) is 0 Å². The molecule has 0 spiro atoms. The fraction of sp³-hybridized carbons (Fsp3) is 0.226. The van der Waals surface area contributed by atoms with Crippen molar-refractivity contribution in [2.75, 3.05) is 27.3 Å². The van der Waals surface area contributed by atoms with Crippen molar-refractivity contribution in [1.82, 2.24) is 15.3 Å². The van der Waals surface area contributed by atoms with Gasteiger partial charge in [0, 0.05) is 19.7 Å². The number of carbonyl (C=O) groups is 2. The van der Waals surface area contributed by atoms with Crippen LogP contribution in [-0.4, -0.2) is 74.3 Å². The van der Waals surface area contributed by atoms with Gasteiger partial charge in [-0.25, -0.2) is 13.2 Å². The Morgan fingerprint density at radius 3 is 1.86 bits per heavy atom. The average molecular weight is 624 g/mol. The first kappa shape index (κ1) is 32.1. The highest BCUT2D eigenvalue weighted by atomic mass is 32.3. The Morgan fingerprint density at radius 2 is 1.47 bits per heavy atom. The molecule has 0 saturated carbocycles. The zero-order chi connectivity index (χ0) is 31.0. The number of urea groups is 1. The topological polar surface area (TPSA) is 128 Å². The molecule has 12 heteroatoms. The molecule has 0 radical (unpaired) electrons. The Balaban J connectivity index is 0.000000197. The molecule has 226 valence electrons. The van der Waals surface area contributed by atoms with Crippen molar-refractivity contribution in [3.63, 3.8) is 0 Å². The van der Waals surface area contributed by atoms with E-state index >= 15 is 0 Å². The molecule has 3 amide bonds. The van der Waals surface area contributed by atoms with E-state index in [1.54, 1.807) is 0 Å². The van der Waals surface area contributed by atoms with E-state index in [1.165, 1.54) is 41.0 Å². The van der Waals surface area contributed by atoms with Crippen LogP contribution < -0.4 is 21.2 Å². The first-order chi connectivity index (χ1) is 20.7. The van der Waals surface area contributed by atoms with Crippen LogP contribution in [0, 0.1) is 0 Å². The molecule has 3 aromatic carbocycles. The third kappa shape index (κ3) is 7.04. The van der Waals surface area contributed by atoms with Gasteiger partial charge in [-0.1, -0.05) is 60.7 Å². The smallest absolute Gasteiger partial charge is 0.346 e. The van der Waals surface area contributed by atoms with Crippen LogP contribution in [0.3, 0.4) is 0 Å². The number of ether oxygens (including phenoxy) is 1. The normalized spacial score (nSPS) is 18.2. The summed E-state index contributed by atoms with van der Waals surface area (Å²) < 4.78 is 41.4. The van der Waals surface area contributed by atoms with Crippen LogP contribution in [0.25, 0.3) is 0 Å². The molecule has 0 aliphatic carbocycles. The van der Waals surface area contributed by atoms with Gasteiger partial charge < -0.3 is 19.5 Å².